The summed E-state index contributed by atoms with van der Waals surface area (Å²) in [6, 6.07) is 7.56. The first-order valence-electron chi connectivity index (χ1n) is 10.1. The van der Waals surface area contributed by atoms with Crippen molar-refractivity contribution in [2.24, 2.45) is 0 Å². The molecule has 7 heteroatoms. The quantitative estimate of drug-likeness (QED) is 0.568. The van der Waals surface area contributed by atoms with E-state index in [1.54, 1.807) is 12.1 Å². The van der Waals surface area contributed by atoms with Crippen LogP contribution in [0.25, 0.3) is 11.0 Å². The zero-order valence-corrected chi connectivity index (χ0v) is 18.5. The molecule has 0 saturated carbocycles. The van der Waals surface area contributed by atoms with Crippen LogP contribution in [0.2, 0.25) is 0 Å². The first kappa shape index (κ1) is 20.3. The summed E-state index contributed by atoms with van der Waals surface area (Å²) in [6.45, 7) is 5.69. The fourth-order valence-corrected chi connectivity index (χ4v) is 4.70. The highest BCUT2D eigenvalue weighted by Gasteiger charge is 2.43. The van der Waals surface area contributed by atoms with Crippen LogP contribution in [0.15, 0.2) is 37.9 Å². The van der Waals surface area contributed by atoms with Gasteiger partial charge in [-0.2, -0.15) is 0 Å². The molecule has 2 aliphatic rings. The van der Waals surface area contributed by atoms with Gasteiger partial charge in [0, 0.05) is 36.4 Å². The monoisotopic (exact) mass is 463 g/mol. The van der Waals surface area contributed by atoms with E-state index in [-0.39, 0.29) is 24.3 Å². The van der Waals surface area contributed by atoms with E-state index in [1.165, 1.54) is 0 Å². The molecule has 2 bridgehead atoms. The van der Waals surface area contributed by atoms with Crippen LogP contribution in [0.1, 0.15) is 52.9 Å². The zero-order valence-electron chi connectivity index (χ0n) is 16.9. The second kappa shape index (κ2) is 7.67. The summed E-state index contributed by atoms with van der Waals surface area (Å²) in [6.07, 6.45) is 4.41. The summed E-state index contributed by atoms with van der Waals surface area (Å²) >= 11 is 3.20. The Morgan fingerprint density at radius 3 is 2.52 bits per heavy atom. The van der Waals surface area contributed by atoms with Crippen LogP contribution < -0.4 is 10.4 Å². The Kier molecular flexibility index (Phi) is 5.36. The molecule has 2 saturated heterocycles. The van der Waals surface area contributed by atoms with Crippen molar-refractivity contribution in [2.75, 3.05) is 0 Å². The number of amides is 1. The second-order valence-corrected chi connectivity index (χ2v) is 9.77. The third-order valence-corrected chi connectivity index (χ3v) is 6.06. The van der Waals surface area contributed by atoms with Gasteiger partial charge >= 0.3 is 11.7 Å². The number of fused-ring (bicyclic) bond motifs is 3. The molecule has 1 aromatic heterocycles. The molecule has 2 fully saturated rings. The normalized spacial score (nSPS) is 24.4. The number of hydrogen-bond acceptors (Lipinski definition) is 5. The van der Waals surface area contributed by atoms with Crippen LogP contribution in [0.5, 0.6) is 5.75 Å². The molecule has 6 nitrogen and oxygen atoms in total. The highest BCUT2D eigenvalue weighted by molar-refractivity contribution is 9.10. The van der Waals surface area contributed by atoms with Crippen molar-refractivity contribution in [3.05, 3.63) is 39.2 Å². The van der Waals surface area contributed by atoms with E-state index in [9.17, 15) is 9.59 Å². The van der Waals surface area contributed by atoms with Crippen molar-refractivity contribution in [3.63, 3.8) is 0 Å². The number of piperidine rings is 2. The predicted octanol–water partition coefficient (Wildman–Crippen LogP) is 5.25. The molecule has 0 aliphatic carbocycles. The van der Waals surface area contributed by atoms with E-state index in [2.05, 4.69) is 15.9 Å². The highest BCUT2D eigenvalue weighted by Crippen LogP contribution is 2.37. The summed E-state index contributed by atoms with van der Waals surface area (Å²) in [5, 5.41) is 0.834. The minimum absolute atomic E-state index is 0.0172. The smallest absolute Gasteiger partial charge is 0.410 e. The van der Waals surface area contributed by atoms with Crippen LogP contribution in [0, 0.1) is 0 Å². The van der Waals surface area contributed by atoms with Crippen molar-refractivity contribution in [1.29, 1.82) is 0 Å². The molecule has 2 aliphatic heterocycles. The number of hydrogen-bond donors (Lipinski definition) is 0. The average molecular weight is 464 g/mol. The molecule has 156 valence electrons. The lowest BCUT2D eigenvalue weighted by atomic mass is 9.83. The number of carbonyl (C=O) groups excluding carboxylic acids is 1. The van der Waals surface area contributed by atoms with Crippen molar-refractivity contribution >= 4 is 33.0 Å². The molecule has 2 aromatic rings. The van der Waals surface area contributed by atoms with Gasteiger partial charge in [-0.1, -0.05) is 0 Å². The van der Waals surface area contributed by atoms with Gasteiger partial charge in [-0.25, -0.2) is 9.59 Å². The van der Waals surface area contributed by atoms with Crippen LogP contribution in [-0.2, 0) is 4.74 Å². The van der Waals surface area contributed by atoms with E-state index in [0.29, 0.717) is 15.8 Å². The van der Waals surface area contributed by atoms with E-state index >= 15 is 0 Å². The lowest BCUT2D eigenvalue weighted by molar-refractivity contribution is -0.0405. The standard InChI is InChI=1S/C22H26BrNO5/c1-22(2,3)29-21(26)24-14-5-4-6-15(24)11-17(10-14)27-16-8-7-13-9-18(23)20(25)28-19(13)12-16/h7-9,12,14-15,17H,4-6,10-11H2,1-3H3/t14-,15+,17-. The zero-order chi connectivity index (χ0) is 20.8. The van der Waals surface area contributed by atoms with Gasteiger partial charge in [0.1, 0.15) is 27.5 Å². The van der Waals surface area contributed by atoms with Crippen LogP contribution in [0.3, 0.4) is 0 Å². The Labute approximate surface area is 178 Å². The lowest BCUT2D eigenvalue weighted by Gasteiger charge is -2.48. The fourth-order valence-electron chi connectivity index (χ4n) is 4.37. The van der Waals surface area contributed by atoms with Gasteiger partial charge in [0.15, 0.2) is 0 Å². The lowest BCUT2D eigenvalue weighted by Crippen LogP contribution is -2.57. The van der Waals surface area contributed by atoms with E-state index < -0.39 is 11.2 Å². The third-order valence-electron chi connectivity index (χ3n) is 5.50. The van der Waals surface area contributed by atoms with Gasteiger partial charge in [0.25, 0.3) is 0 Å². The molecule has 3 atom stereocenters. The number of carbonyl (C=O) groups is 1. The van der Waals surface area contributed by atoms with Gasteiger partial charge in [-0.15, -0.1) is 0 Å². The van der Waals surface area contributed by atoms with Crippen LogP contribution >= 0.6 is 15.9 Å². The highest BCUT2D eigenvalue weighted by atomic mass is 79.9. The Bertz CT molecular complexity index is 965. The predicted molar refractivity (Wildman–Crippen MR) is 113 cm³/mol. The Hall–Kier alpha value is -2.02. The van der Waals surface area contributed by atoms with Crippen molar-refractivity contribution in [2.45, 2.75) is 76.7 Å². The molecule has 0 N–H and O–H groups in total. The summed E-state index contributed by atoms with van der Waals surface area (Å²) in [4.78, 5) is 26.4. The number of rotatable bonds is 2. The molecule has 1 amide bonds. The second-order valence-electron chi connectivity index (χ2n) is 8.92. The summed E-state index contributed by atoms with van der Waals surface area (Å²) in [5.41, 5.74) is -0.403. The SMILES string of the molecule is CC(C)(C)OC(=O)N1[C@@H]2CCC[C@H]1C[C@H](Oc1ccc3cc(Br)c(=O)oc3c1)C2. The third kappa shape index (κ3) is 4.44. The van der Waals surface area contributed by atoms with Crippen LogP contribution in [0.4, 0.5) is 4.79 Å². The molecular formula is C22H26BrNO5. The number of ether oxygens (including phenoxy) is 2. The van der Waals surface area contributed by atoms with Crippen molar-refractivity contribution < 1.29 is 18.7 Å². The Morgan fingerprint density at radius 2 is 1.86 bits per heavy atom. The number of nitrogens with zero attached hydrogens (tertiary/aromatic N) is 1. The van der Waals surface area contributed by atoms with E-state index in [1.807, 2.05) is 37.8 Å². The van der Waals surface area contributed by atoms with Gasteiger partial charge in [-0.3, -0.25) is 0 Å². The topological polar surface area (TPSA) is 69.0 Å². The van der Waals surface area contributed by atoms with Crippen molar-refractivity contribution in [3.8, 4) is 5.75 Å². The van der Waals surface area contributed by atoms with Crippen molar-refractivity contribution in [1.82, 2.24) is 4.90 Å². The van der Waals surface area contributed by atoms with E-state index in [4.69, 9.17) is 13.9 Å². The minimum Gasteiger partial charge on any atom is -0.490 e. The molecule has 29 heavy (non-hydrogen) atoms. The fraction of sp³-hybridized carbons (Fsp3) is 0.545. The molecule has 0 radical (unpaired) electrons. The molecular weight excluding hydrogens is 438 g/mol. The maximum absolute atomic E-state index is 12.7. The van der Waals surface area contributed by atoms with Crippen LogP contribution in [-0.4, -0.2) is 34.8 Å². The van der Waals surface area contributed by atoms with E-state index in [0.717, 1.165) is 37.5 Å². The van der Waals surface area contributed by atoms with Gasteiger partial charge in [0.2, 0.25) is 0 Å². The Morgan fingerprint density at radius 1 is 1.17 bits per heavy atom. The molecule has 3 heterocycles. The summed E-state index contributed by atoms with van der Waals surface area (Å²) < 4.78 is 17.6. The molecule has 1 aromatic carbocycles. The van der Waals surface area contributed by atoms with Gasteiger partial charge in [0.05, 0.1) is 0 Å². The first-order chi connectivity index (χ1) is 13.7. The van der Waals surface area contributed by atoms with Gasteiger partial charge in [-0.05, 0) is 74.2 Å². The maximum Gasteiger partial charge on any atom is 0.410 e. The number of halogens is 1. The average Bonchev–Trinajstić information content (AvgIpc) is 2.60. The minimum atomic E-state index is -0.497. The maximum atomic E-state index is 12.7. The largest absolute Gasteiger partial charge is 0.490 e. The molecule has 0 unspecified atom stereocenters. The molecule has 4 rings (SSSR count). The Balaban J connectivity index is 1.49. The first-order valence-corrected chi connectivity index (χ1v) is 10.9. The molecule has 0 spiro atoms. The van der Waals surface area contributed by atoms with Gasteiger partial charge < -0.3 is 18.8 Å². The summed E-state index contributed by atoms with van der Waals surface area (Å²) in [5.74, 6) is 0.678. The summed E-state index contributed by atoms with van der Waals surface area (Å²) in [7, 11) is 0. The number of benzene rings is 1.